The Morgan fingerprint density at radius 1 is 1.04 bits per heavy atom. The second-order valence-electron chi connectivity index (χ2n) is 16.6. The van der Waals surface area contributed by atoms with Crippen LogP contribution in [0.3, 0.4) is 0 Å². The first kappa shape index (κ1) is 33.7. The van der Waals surface area contributed by atoms with E-state index in [9.17, 15) is 18.0 Å². The molecule has 0 bridgehead atoms. The van der Waals surface area contributed by atoms with Gasteiger partial charge in [0.25, 0.3) is 0 Å². The largest absolute Gasteiger partial charge is 0.462 e. The van der Waals surface area contributed by atoms with Crippen molar-refractivity contribution < 1.29 is 32.2 Å². The molecule has 0 aromatic rings. The van der Waals surface area contributed by atoms with Crippen molar-refractivity contribution in [1.82, 2.24) is 9.21 Å². The van der Waals surface area contributed by atoms with Gasteiger partial charge in [0.2, 0.25) is 15.9 Å². The Morgan fingerprint density at radius 2 is 1.81 bits per heavy atom. The number of rotatable bonds is 6. The first-order chi connectivity index (χ1) is 22.3. The average Bonchev–Trinajstić information content (AvgIpc) is 3.50. The molecule has 0 radical (unpaired) electrons. The molecule has 3 heterocycles. The summed E-state index contributed by atoms with van der Waals surface area (Å²) < 4.78 is 44.8. The predicted octanol–water partition coefficient (Wildman–Crippen LogP) is 5.66. The smallest absolute Gasteiger partial charge is 0.306 e. The fourth-order valence-electron chi connectivity index (χ4n) is 11.7. The van der Waals surface area contributed by atoms with Crippen molar-refractivity contribution in [1.29, 1.82) is 0 Å². The van der Waals surface area contributed by atoms with Gasteiger partial charge < -0.3 is 19.1 Å². The van der Waals surface area contributed by atoms with Crippen LogP contribution in [-0.2, 0) is 33.8 Å². The van der Waals surface area contributed by atoms with E-state index in [0.29, 0.717) is 60.1 Å². The molecule has 7 aliphatic rings. The zero-order valence-electron chi connectivity index (χ0n) is 29.0. The SMILES string of the molecule is C=CS(=O)(=O)N1CCN(C(=O)CCC(=O)O[C@H]2CC[C@@]3(C)C(=CC[C@H]4[C@@H]5C[C@@H]6O[C@]7(CC[C@@H](C)CO7)[C@@H](C)[C@@H]6[C@@]5(C)CC[C@@H]43)C2)CC1. The van der Waals surface area contributed by atoms with Crippen LogP contribution in [0, 0.1) is 46.3 Å². The lowest BCUT2D eigenvalue weighted by molar-refractivity contribution is -0.272. The van der Waals surface area contributed by atoms with Crippen molar-refractivity contribution in [2.75, 3.05) is 32.8 Å². The maximum atomic E-state index is 12.9. The molecule has 10 heteroatoms. The van der Waals surface area contributed by atoms with Crippen molar-refractivity contribution >= 4 is 21.9 Å². The van der Waals surface area contributed by atoms with E-state index in [1.807, 2.05) is 0 Å². The fourth-order valence-corrected chi connectivity index (χ4v) is 12.5. The summed E-state index contributed by atoms with van der Waals surface area (Å²) in [5.41, 5.74) is 1.92. The molecular formula is C37H56N2O7S. The highest BCUT2D eigenvalue weighted by Crippen LogP contribution is 2.70. The van der Waals surface area contributed by atoms with E-state index in [1.54, 1.807) is 4.90 Å². The van der Waals surface area contributed by atoms with E-state index in [-0.39, 0.29) is 55.1 Å². The van der Waals surface area contributed by atoms with Gasteiger partial charge in [-0.3, -0.25) is 9.59 Å². The molecule has 0 unspecified atom stereocenters. The summed E-state index contributed by atoms with van der Waals surface area (Å²) in [6.07, 6.45) is 12.5. The number of sulfonamides is 1. The normalized spacial score (nSPS) is 44.9. The number of carbonyl (C=O) groups is 2. The maximum Gasteiger partial charge on any atom is 0.306 e. The van der Waals surface area contributed by atoms with E-state index < -0.39 is 10.0 Å². The Labute approximate surface area is 281 Å². The predicted molar refractivity (Wildman–Crippen MR) is 178 cm³/mol. The Balaban J connectivity index is 0.930. The molecule has 47 heavy (non-hydrogen) atoms. The highest BCUT2D eigenvalue weighted by molar-refractivity contribution is 7.92. The zero-order chi connectivity index (χ0) is 33.4. The minimum Gasteiger partial charge on any atom is -0.462 e. The Morgan fingerprint density at radius 3 is 2.51 bits per heavy atom. The molecule has 1 spiro atoms. The molecule has 6 fully saturated rings. The van der Waals surface area contributed by atoms with Crippen LogP contribution < -0.4 is 0 Å². The first-order valence-electron chi connectivity index (χ1n) is 18.4. The fraction of sp³-hybridized carbons (Fsp3) is 0.838. The number of amides is 1. The van der Waals surface area contributed by atoms with E-state index in [1.165, 1.54) is 29.1 Å². The van der Waals surface area contributed by atoms with Crippen molar-refractivity contribution in [2.24, 2.45) is 46.3 Å². The van der Waals surface area contributed by atoms with Crippen LogP contribution in [0.5, 0.6) is 0 Å². The highest BCUT2D eigenvalue weighted by Gasteiger charge is 2.68. The number of hydrogen-bond acceptors (Lipinski definition) is 7. The molecule has 262 valence electrons. The van der Waals surface area contributed by atoms with Gasteiger partial charge in [-0.25, -0.2) is 8.42 Å². The number of esters is 1. The van der Waals surface area contributed by atoms with Crippen LogP contribution in [0.2, 0.25) is 0 Å². The van der Waals surface area contributed by atoms with Gasteiger partial charge in [0, 0.05) is 56.8 Å². The number of fused-ring (bicyclic) bond motifs is 7. The van der Waals surface area contributed by atoms with Crippen LogP contribution >= 0.6 is 0 Å². The first-order valence-corrected chi connectivity index (χ1v) is 19.9. The molecule has 3 saturated carbocycles. The Bertz CT molecular complexity index is 1400. The summed E-state index contributed by atoms with van der Waals surface area (Å²) in [7, 11) is -3.48. The molecular weight excluding hydrogens is 616 g/mol. The van der Waals surface area contributed by atoms with Crippen LogP contribution in [0.15, 0.2) is 23.6 Å². The maximum absolute atomic E-state index is 12.9. The standard InChI is InChI=1S/C37H56N2O7S/c1-6-47(42,43)39-19-17-38(18-20-39)32(40)9-10-33(41)45-27-12-14-35(4)26(21-27)7-8-28-29(35)13-15-36(5)30(28)22-31-34(36)25(3)37(46-31)16-11-24(2)23-44-37/h6-7,24-25,27-31,34H,1,8-23H2,2-5H3/t24-,25+,27+,28-,29+,30+,31+,34+,35+,36+,37-/m1/s1. The zero-order valence-corrected chi connectivity index (χ0v) is 29.8. The summed E-state index contributed by atoms with van der Waals surface area (Å²) >= 11 is 0. The summed E-state index contributed by atoms with van der Waals surface area (Å²) in [5, 5.41) is 0.942. The third-order valence-corrected chi connectivity index (χ3v) is 15.8. The summed E-state index contributed by atoms with van der Waals surface area (Å²) in [5.74, 6) is 2.82. The van der Waals surface area contributed by atoms with Gasteiger partial charge >= 0.3 is 5.97 Å². The van der Waals surface area contributed by atoms with E-state index in [2.05, 4.69) is 40.3 Å². The molecule has 4 aliphatic carbocycles. The third-order valence-electron chi connectivity index (χ3n) is 14.3. The van der Waals surface area contributed by atoms with Crippen LogP contribution in [0.25, 0.3) is 0 Å². The molecule has 0 aromatic heterocycles. The monoisotopic (exact) mass is 672 g/mol. The van der Waals surface area contributed by atoms with Gasteiger partial charge in [0.1, 0.15) is 6.10 Å². The van der Waals surface area contributed by atoms with E-state index in [0.717, 1.165) is 50.5 Å². The minimum absolute atomic E-state index is 0.0515. The van der Waals surface area contributed by atoms with Gasteiger partial charge in [0.05, 0.1) is 19.1 Å². The van der Waals surface area contributed by atoms with Crippen molar-refractivity contribution in [3.8, 4) is 0 Å². The van der Waals surface area contributed by atoms with Gasteiger partial charge in [-0.15, -0.1) is 0 Å². The number of allylic oxidation sites excluding steroid dienone is 1. The second kappa shape index (κ2) is 12.2. The minimum atomic E-state index is -3.48. The lowest BCUT2D eigenvalue weighted by Gasteiger charge is -2.58. The number of nitrogens with zero attached hydrogens (tertiary/aromatic N) is 2. The molecule has 7 rings (SSSR count). The summed E-state index contributed by atoms with van der Waals surface area (Å²) in [6, 6.07) is 0. The molecule has 0 aromatic carbocycles. The van der Waals surface area contributed by atoms with Crippen LogP contribution in [0.4, 0.5) is 0 Å². The lowest BCUT2D eigenvalue weighted by atomic mass is 9.47. The number of piperazine rings is 1. The molecule has 0 N–H and O–H groups in total. The Kier molecular flexibility index (Phi) is 8.78. The lowest BCUT2D eigenvalue weighted by Crippen LogP contribution is -2.52. The molecule has 9 nitrogen and oxygen atoms in total. The number of ether oxygens (including phenoxy) is 3. The molecule has 3 aliphatic heterocycles. The molecule has 11 atom stereocenters. The van der Waals surface area contributed by atoms with Crippen LogP contribution in [0.1, 0.15) is 98.3 Å². The Hall–Kier alpha value is -1.75. The van der Waals surface area contributed by atoms with Crippen molar-refractivity contribution in [3.63, 3.8) is 0 Å². The summed E-state index contributed by atoms with van der Waals surface area (Å²) in [6.45, 7) is 15.1. The third kappa shape index (κ3) is 5.65. The molecule has 3 saturated heterocycles. The summed E-state index contributed by atoms with van der Waals surface area (Å²) in [4.78, 5) is 27.3. The highest BCUT2D eigenvalue weighted by atomic mass is 32.2. The topological polar surface area (TPSA) is 102 Å². The quantitative estimate of drug-likeness (QED) is 0.265. The van der Waals surface area contributed by atoms with Crippen molar-refractivity contribution in [3.05, 3.63) is 23.6 Å². The van der Waals surface area contributed by atoms with E-state index >= 15 is 0 Å². The van der Waals surface area contributed by atoms with Crippen LogP contribution in [-0.4, -0.2) is 80.3 Å². The van der Waals surface area contributed by atoms with Gasteiger partial charge in [-0.05, 0) is 85.4 Å². The second-order valence-corrected chi connectivity index (χ2v) is 18.5. The number of carbonyl (C=O) groups excluding carboxylic acids is 2. The number of hydrogen-bond donors (Lipinski definition) is 0. The van der Waals surface area contributed by atoms with E-state index in [4.69, 9.17) is 14.2 Å². The van der Waals surface area contributed by atoms with Gasteiger partial charge in [-0.1, -0.05) is 45.9 Å². The van der Waals surface area contributed by atoms with Gasteiger partial charge in [0.15, 0.2) is 5.79 Å². The van der Waals surface area contributed by atoms with Gasteiger partial charge in [-0.2, -0.15) is 4.31 Å². The van der Waals surface area contributed by atoms with Crippen molar-refractivity contribution in [2.45, 2.75) is 116 Å². The average molecular weight is 673 g/mol. The molecule has 1 amide bonds.